The van der Waals surface area contributed by atoms with E-state index < -0.39 is 21.3 Å². The van der Waals surface area contributed by atoms with E-state index in [1.807, 2.05) is 0 Å². The predicted octanol–water partition coefficient (Wildman–Crippen LogP) is 2.94. The number of rotatable bonds is 6. The second-order valence-electron chi connectivity index (χ2n) is 9.59. The smallest absolute Gasteiger partial charge is 0.312 e. The molecule has 0 atom stereocenters. The molecular weight excluding hydrogens is 404 g/mol. The van der Waals surface area contributed by atoms with Crippen molar-refractivity contribution in [3.8, 4) is 0 Å². The Kier molecular flexibility index (Phi) is 5.43. The Morgan fingerprint density at radius 1 is 1.10 bits per heavy atom. The number of hydrogen-bond donors (Lipinski definition) is 1. The highest BCUT2D eigenvalue weighted by atomic mass is 32.2. The molecule has 0 unspecified atom stereocenters. The van der Waals surface area contributed by atoms with Crippen LogP contribution in [0.2, 0.25) is 0 Å². The van der Waals surface area contributed by atoms with E-state index in [1.54, 1.807) is 13.0 Å². The van der Waals surface area contributed by atoms with Crippen molar-refractivity contribution in [3.05, 3.63) is 23.8 Å². The molecule has 7 nitrogen and oxygen atoms in total. The second-order valence-corrected chi connectivity index (χ2v) is 11.7. The molecular formula is C22H30N2O5S. The minimum Gasteiger partial charge on any atom is -0.455 e. The molecule has 0 aliphatic heterocycles. The number of ether oxygens (including phenoxy) is 1. The SMILES string of the molecule is Cc1ccc(S(=O)(=O)N(C)C)cc1NC(=O)COC(=O)C12CC3CC(CC(C3)C1)C2. The third kappa shape index (κ3) is 3.87. The third-order valence-corrected chi connectivity index (χ3v) is 8.88. The zero-order valence-electron chi connectivity index (χ0n) is 17.8. The van der Waals surface area contributed by atoms with Gasteiger partial charge in [0.1, 0.15) is 0 Å². The van der Waals surface area contributed by atoms with Gasteiger partial charge in [0.2, 0.25) is 10.0 Å². The van der Waals surface area contributed by atoms with Crippen molar-refractivity contribution < 1.29 is 22.7 Å². The molecule has 0 heterocycles. The van der Waals surface area contributed by atoms with Crippen molar-refractivity contribution in [3.63, 3.8) is 0 Å². The monoisotopic (exact) mass is 434 g/mol. The first kappa shape index (κ1) is 21.3. The summed E-state index contributed by atoms with van der Waals surface area (Å²) in [6, 6.07) is 4.59. The van der Waals surface area contributed by atoms with Gasteiger partial charge in [0.15, 0.2) is 6.61 Å². The van der Waals surface area contributed by atoms with E-state index in [4.69, 9.17) is 4.74 Å². The molecule has 4 aliphatic rings. The molecule has 4 saturated carbocycles. The molecule has 1 aromatic rings. The zero-order valence-corrected chi connectivity index (χ0v) is 18.6. The lowest BCUT2D eigenvalue weighted by Crippen LogP contribution is -2.50. The fourth-order valence-electron chi connectivity index (χ4n) is 5.94. The number of aryl methyl sites for hydroxylation is 1. The van der Waals surface area contributed by atoms with Crippen LogP contribution in [-0.4, -0.2) is 45.3 Å². The first-order chi connectivity index (χ1) is 14.1. The summed E-state index contributed by atoms with van der Waals surface area (Å²) in [5.41, 5.74) is 0.729. The van der Waals surface area contributed by atoms with Crippen LogP contribution in [0.3, 0.4) is 0 Å². The lowest BCUT2D eigenvalue weighted by Gasteiger charge is -2.55. The van der Waals surface area contributed by atoms with Crippen LogP contribution in [0.5, 0.6) is 0 Å². The predicted molar refractivity (Wildman–Crippen MR) is 112 cm³/mol. The summed E-state index contributed by atoms with van der Waals surface area (Å²) in [5, 5.41) is 2.69. The molecule has 4 bridgehead atoms. The molecule has 0 radical (unpaired) electrons. The first-order valence-corrected chi connectivity index (χ1v) is 12.0. The van der Waals surface area contributed by atoms with E-state index in [-0.39, 0.29) is 17.5 Å². The minimum atomic E-state index is -3.61. The lowest BCUT2D eigenvalue weighted by molar-refractivity contribution is -0.172. The van der Waals surface area contributed by atoms with Crippen LogP contribution in [-0.2, 0) is 24.3 Å². The minimum absolute atomic E-state index is 0.0963. The topological polar surface area (TPSA) is 92.8 Å². The van der Waals surface area contributed by atoms with Crippen LogP contribution in [0.15, 0.2) is 23.1 Å². The van der Waals surface area contributed by atoms with Gasteiger partial charge in [-0.2, -0.15) is 0 Å². The highest BCUT2D eigenvalue weighted by Gasteiger charge is 2.55. The quantitative estimate of drug-likeness (QED) is 0.695. The molecule has 30 heavy (non-hydrogen) atoms. The maximum Gasteiger partial charge on any atom is 0.312 e. The fraction of sp³-hybridized carbons (Fsp3) is 0.636. The third-order valence-electron chi connectivity index (χ3n) is 7.07. The summed E-state index contributed by atoms with van der Waals surface area (Å²) in [5.74, 6) is 1.18. The van der Waals surface area contributed by atoms with Crippen LogP contribution < -0.4 is 5.32 Å². The Balaban J connectivity index is 1.39. The van der Waals surface area contributed by atoms with E-state index >= 15 is 0 Å². The highest BCUT2D eigenvalue weighted by Crippen LogP contribution is 2.60. The molecule has 4 aliphatic carbocycles. The van der Waals surface area contributed by atoms with Crippen LogP contribution in [0.25, 0.3) is 0 Å². The summed E-state index contributed by atoms with van der Waals surface area (Å²) in [7, 11) is -0.696. The number of benzene rings is 1. The van der Waals surface area contributed by atoms with Crippen molar-refractivity contribution >= 4 is 27.6 Å². The number of anilines is 1. The number of carbonyl (C=O) groups is 2. The molecule has 1 aromatic carbocycles. The maximum atomic E-state index is 12.9. The zero-order chi connectivity index (χ0) is 21.7. The highest BCUT2D eigenvalue weighted by molar-refractivity contribution is 7.89. The fourth-order valence-corrected chi connectivity index (χ4v) is 6.87. The van der Waals surface area contributed by atoms with Gasteiger partial charge in [-0.25, -0.2) is 12.7 Å². The Hall–Kier alpha value is -1.93. The normalized spacial score (nSPS) is 29.8. The molecule has 4 fully saturated rings. The van der Waals surface area contributed by atoms with Gasteiger partial charge in [0.25, 0.3) is 5.91 Å². The number of carbonyl (C=O) groups excluding carboxylic acids is 2. The van der Waals surface area contributed by atoms with E-state index in [1.165, 1.54) is 45.5 Å². The van der Waals surface area contributed by atoms with Crippen molar-refractivity contribution in [2.24, 2.45) is 23.2 Å². The Bertz CT molecular complexity index is 934. The number of esters is 1. The maximum absolute atomic E-state index is 12.9. The van der Waals surface area contributed by atoms with Gasteiger partial charge in [-0.3, -0.25) is 9.59 Å². The second kappa shape index (κ2) is 7.64. The van der Waals surface area contributed by atoms with Gasteiger partial charge < -0.3 is 10.1 Å². The summed E-state index contributed by atoms with van der Waals surface area (Å²) in [6.07, 6.45) is 6.38. The molecule has 0 spiro atoms. The first-order valence-electron chi connectivity index (χ1n) is 10.6. The van der Waals surface area contributed by atoms with E-state index in [9.17, 15) is 18.0 Å². The van der Waals surface area contributed by atoms with E-state index in [2.05, 4.69) is 5.32 Å². The Morgan fingerprint density at radius 2 is 1.67 bits per heavy atom. The number of nitrogens with zero attached hydrogens (tertiary/aromatic N) is 1. The van der Waals surface area contributed by atoms with Crippen LogP contribution >= 0.6 is 0 Å². The van der Waals surface area contributed by atoms with Gasteiger partial charge in [-0.15, -0.1) is 0 Å². The number of sulfonamides is 1. The lowest BCUT2D eigenvalue weighted by atomic mass is 9.49. The molecule has 5 rings (SSSR count). The molecule has 1 amide bonds. The largest absolute Gasteiger partial charge is 0.455 e. The molecule has 1 N–H and O–H groups in total. The number of nitrogens with one attached hydrogen (secondary N) is 1. The van der Waals surface area contributed by atoms with Gasteiger partial charge in [-0.05, 0) is 80.9 Å². The van der Waals surface area contributed by atoms with Crippen LogP contribution in [0.1, 0.15) is 44.1 Å². The summed E-state index contributed by atoms with van der Waals surface area (Å²) >= 11 is 0. The van der Waals surface area contributed by atoms with Gasteiger partial charge in [-0.1, -0.05) is 6.07 Å². The summed E-state index contributed by atoms with van der Waals surface area (Å²) < 4.78 is 31.3. The molecule has 0 saturated heterocycles. The average Bonchev–Trinajstić information content (AvgIpc) is 2.66. The Morgan fingerprint density at radius 3 is 2.20 bits per heavy atom. The van der Waals surface area contributed by atoms with Crippen molar-refractivity contribution in [2.45, 2.75) is 50.3 Å². The molecule has 0 aromatic heterocycles. The van der Waals surface area contributed by atoms with Gasteiger partial charge in [0.05, 0.1) is 10.3 Å². The van der Waals surface area contributed by atoms with E-state index in [0.29, 0.717) is 23.4 Å². The molecule has 164 valence electrons. The molecule has 8 heteroatoms. The van der Waals surface area contributed by atoms with Crippen LogP contribution in [0, 0.1) is 30.1 Å². The van der Waals surface area contributed by atoms with Gasteiger partial charge in [0, 0.05) is 19.8 Å². The Labute approximate surface area is 178 Å². The summed E-state index contributed by atoms with van der Waals surface area (Å²) in [4.78, 5) is 25.4. The van der Waals surface area contributed by atoms with Crippen molar-refractivity contribution in [1.82, 2.24) is 4.31 Å². The van der Waals surface area contributed by atoms with Gasteiger partial charge >= 0.3 is 5.97 Å². The van der Waals surface area contributed by atoms with E-state index in [0.717, 1.165) is 29.1 Å². The average molecular weight is 435 g/mol. The van der Waals surface area contributed by atoms with Crippen molar-refractivity contribution in [1.29, 1.82) is 0 Å². The number of hydrogen-bond acceptors (Lipinski definition) is 5. The van der Waals surface area contributed by atoms with Crippen LogP contribution in [0.4, 0.5) is 5.69 Å². The standard InChI is InChI=1S/C22H30N2O5S/c1-14-4-5-18(30(27,28)24(2)3)9-19(14)23-20(25)13-29-21(26)22-10-15-6-16(11-22)8-17(7-15)12-22/h4-5,9,15-17H,6-8,10-13H2,1-3H3,(H,23,25). The number of amides is 1. The summed E-state index contributed by atoms with van der Waals surface area (Å²) in [6.45, 7) is 1.42. The van der Waals surface area contributed by atoms with Crippen molar-refractivity contribution in [2.75, 3.05) is 26.0 Å².